The van der Waals surface area contributed by atoms with Gasteiger partial charge in [0.25, 0.3) is 0 Å². The Bertz CT molecular complexity index is 825. The lowest BCUT2D eigenvalue weighted by molar-refractivity contribution is -0.0603. The molecule has 0 amide bonds. The molecule has 25 heavy (non-hydrogen) atoms. The first-order valence-electron chi connectivity index (χ1n) is 7.20. The molecule has 2 rings (SSSR count). The second kappa shape index (κ2) is 7.60. The third-order valence-corrected chi connectivity index (χ3v) is 4.33. The quantitative estimate of drug-likeness (QED) is 0.612. The van der Waals surface area contributed by atoms with Crippen molar-refractivity contribution in [2.75, 3.05) is 6.54 Å². The highest BCUT2D eigenvalue weighted by Crippen LogP contribution is 2.24. The number of Topliss-reactive ketones (excluding diaryl/α,β-unsaturated/α-hetero) is 2. The molecular weight excluding hydrogens is 355 g/mol. The van der Waals surface area contributed by atoms with Crippen LogP contribution in [-0.2, 0) is 0 Å². The van der Waals surface area contributed by atoms with E-state index >= 15 is 0 Å². The van der Waals surface area contributed by atoms with E-state index in [0.717, 1.165) is 16.2 Å². The molecule has 0 spiro atoms. The molecular formula is C17H14F3NO3S. The second-order valence-corrected chi connectivity index (χ2v) is 6.50. The van der Waals surface area contributed by atoms with Gasteiger partial charge in [-0.15, -0.1) is 11.3 Å². The van der Waals surface area contributed by atoms with Crippen molar-refractivity contribution in [1.82, 2.24) is 0 Å². The first-order chi connectivity index (χ1) is 11.7. The Kier molecular flexibility index (Phi) is 5.73. The standard InChI is InChI=1S/C17H14F3NO3S/c1-10-6-7-15(25-10)13(23)8-16(17(18,19)20)21-9-14(24)11-4-2-3-5-12(11)22/h2-7,22H,8-9H2,1H3. The SMILES string of the molecule is Cc1ccc(C(=O)CC(=NCC(=O)c2ccccc2O)C(F)(F)F)s1. The molecule has 0 unspecified atom stereocenters. The molecule has 1 heterocycles. The Hall–Kier alpha value is -2.48. The van der Waals surface area contributed by atoms with Crippen LogP contribution in [0.3, 0.4) is 0 Å². The highest BCUT2D eigenvalue weighted by atomic mass is 32.1. The van der Waals surface area contributed by atoms with E-state index in [9.17, 15) is 27.9 Å². The van der Waals surface area contributed by atoms with E-state index < -0.39 is 36.4 Å². The maximum absolute atomic E-state index is 13.1. The number of hydrogen-bond donors (Lipinski definition) is 1. The molecule has 0 saturated carbocycles. The van der Waals surface area contributed by atoms with Gasteiger partial charge in [0.2, 0.25) is 0 Å². The molecule has 4 nitrogen and oxygen atoms in total. The predicted octanol–water partition coefficient (Wildman–Crippen LogP) is 4.22. The number of carbonyl (C=O) groups excluding carboxylic acids is 2. The number of alkyl halides is 3. The Morgan fingerprint density at radius 3 is 2.36 bits per heavy atom. The number of hydrogen-bond acceptors (Lipinski definition) is 5. The minimum Gasteiger partial charge on any atom is -0.507 e. The maximum Gasteiger partial charge on any atom is 0.429 e. The summed E-state index contributed by atoms with van der Waals surface area (Å²) >= 11 is 1.10. The molecule has 0 saturated heterocycles. The molecule has 2 aromatic rings. The van der Waals surface area contributed by atoms with E-state index in [2.05, 4.69) is 4.99 Å². The Balaban J connectivity index is 2.17. The fourth-order valence-electron chi connectivity index (χ4n) is 2.03. The van der Waals surface area contributed by atoms with Gasteiger partial charge in [0.15, 0.2) is 11.6 Å². The Labute approximate surface area is 145 Å². The highest BCUT2D eigenvalue weighted by Gasteiger charge is 2.37. The van der Waals surface area contributed by atoms with E-state index in [4.69, 9.17) is 0 Å². The van der Waals surface area contributed by atoms with Crippen molar-refractivity contribution in [3.8, 4) is 5.75 Å². The van der Waals surface area contributed by atoms with Crippen molar-refractivity contribution in [3.63, 3.8) is 0 Å². The van der Waals surface area contributed by atoms with Crippen LogP contribution in [-0.4, -0.2) is 35.1 Å². The van der Waals surface area contributed by atoms with Crippen molar-refractivity contribution in [1.29, 1.82) is 0 Å². The topological polar surface area (TPSA) is 66.7 Å². The van der Waals surface area contributed by atoms with Gasteiger partial charge in [0.05, 0.1) is 16.9 Å². The number of rotatable bonds is 6. The van der Waals surface area contributed by atoms with Crippen LogP contribution >= 0.6 is 11.3 Å². The number of aliphatic imine (C=N–C) groups is 1. The number of phenolic OH excluding ortho intramolecular Hbond substituents is 1. The smallest absolute Gasteiger partial charge is 0.429 e. The maximum atomic E-state index is 13.1. The summed E-state index contributed by atoms with van der Waals surface area (Å²) in [5.74, 6) is -1.80. The van der Waals surface area contributed by atoms with Gasteiger partial charge in [-0.25, -0.2) is 0 Å². The van der Waals surface area contributed by atoms with Gasteiger partial charge in [-0.3, -0.25) is 14.6 Å². The van der Waals surface area contributed by atoms with Crippen LogP contribution in [0.25, 0.3) is 0 Å². The second-order valence-electron chi connectivity index (χ2n) is 5.21. The molecule has 1 aromatic carbocycles. The number of thiophene rings is 1. The van der Waals surface area contributed by atoms with Crippen molar-refractivity contribution in [2.24, 2.45) is 4.99 Å². The van der Waals surface area contributed by atoms with E-state index in [0.29, 0.717) is 0 Å². The summed E-state index contributed by atoms with van der Waals surface area (Å²) < 4.78 is 39.3. The van der Waals surface area contributed by atoms with E-state index in [-0.39, 0.29) is 16.2 Å². The molecule has 0 fully saturated rings. The van der Waals surface area contributed by atoms with Gasteiger partial charge in [-0.1, -0.05) is 12.1 Å². The molecule has 1 N–H and O–H groups in total. The number of aryl methyl sites for hydroxylation is 1. The average Bonchev–Trinajstić information content (AvgIpc) is 2.97. The Morgan fingerprint density at radius 1 is 1.12 bits per heavy atom. The number of carbonyl (C=O) groups is 2. The van der Waals surface area contributed by atoms with Crippen molar-refractivity contribution >= 4 is 28.6 Å². The third kappa shape index (κ3) is 4.99. The molecule has 0 aliphatic heterocycles. The van der Waals surface area contributed by atoms with Gasteiger partial charge in [-0.2, -0.15) is 13.2 Å². The summed E-state index contributed by atoms with van der Waals surface area (Å²) in [5, 5.41) is 9.56. The van der Waals surface area contributed by atoms with Gasteiger partial charge in [0, 0.05) is 4.88 Å². The number of para-hydroxylation sites is 1. The first-order valence-corrected chi connectivity index (χ1v) is 8.01. The van der Waals surface area contributed by atoms with Crippen LogP contribution < -0.4 is 0 Å². The zero-order chi connectivity index (χ0) is 18.6. The minimum atomic E-state index is -4.82. The normalized spacial score (nSPS) is 12.2. The summed E-state index contributed by atoms with van der Waals surface area (Å²) in [6.07, 6.45) is -5.75. The molecule has 0 radical (unpaired) electrons. The Morgan fingerprint density at radius 2 is 1.80 bits per heavy atom. The summed E-state index contributed by atoms with van der Waals surface area (Å²) in [6, 6.07) is 8.61. The van der Waals surface area contributed by atoms with Gasteiger partial charge in [0.1, 0.15) is 18.0 Å². The lowest BCUT2D eigenvalue weighted by Gasteiger charge is -2.10. The molecule has 8 heteroatoms. The van der Waals surface area contributed by atoms with Gasteiger partial charge < -0.3 is 5.11 Å². The highest BCUT2D eigenvalue weighted by molar-refractivity contribution is 7.14. The number of ketones is 2. The molecule has 0 aliphatic carbocycles. The van der Waals surface area contributed by atoms with Crippen molar-refractivity contribution in [3.05, 3.63) is 51.7 Å². The fraction of sp³-hybridized carbons (Fsp3) is 0.235. The number of phenols is 1. The van der Waals surface area contributed by atoms with Crippen LogP contribution in [0.4, 0.5) is 13.2 Å². The van der Waals surface area contributed by atoms with Crippen molar-refractivity contribution in [2.45, 2.75) is 19.5 Å². The van der Waals surface area contributed by atoms with Crippen LogP contribution in [0.1, 0.15) is 31.3 Å². The molecule has 132 valence electrons. The number of halogens is 3. The van der Waals surface area contributed by atoms with Crippen LogP contribution in [0.15, 0.2) is 41.4 Å². The largest absolute Gasteiger partial charge is 0.507 e. The fourth-order valence-corrected chi connectivity index (χ4v) is 2.84. The number of benzene rings is 1. The number of aromatic hydroxyl groups is 1. The third-order valence-electron chi connectivity index (χ3n) is 3.29. The van der Waals surface area contributed by atoms with Gasteiger partial charge in [-0.05, 0) is 31.2 Å². The lowest BCUT2D eigenvalue weighted by Crippen LogP contribution is -2.26. The van der Waals surface area contributed by atoms with Crippen LogP contribution in [0.5, 0.6) is 5.75 Å². The number of nitrogens with zero attached hydrogens (tertiary/aromatic N) is 1. The van der Waals surface area contributed by atoms with Crippen LogP contribution in [0.2, 0.25) is 0 Å². The summed E-state index contributed by atoms with van der Waals surface area (Å²) in [5.41, 5.74) is -1.43. The predicted molar refractivity (Wildman–Crippen MR) is 88.8 cm³/mol. The van der Waals surface area contributed by atoms with Crippen molar-refractivity contribution < 1.29 is 27.9 Å². The molecule has 0 atom stereocenters. The zero-order valence-corrected chi connectivity index (χ0v) is 13.9. The molecule has 0 bridgehead atoms. The van der Waals surface area contributed by atoms with E-state index in [1.165, 1.54) is 30.3 Å². The summed E-state index contributed by atoms with van der Waals surface area (Å²) in [6.45, 7) is 0.939. The van der Waals surface area contributed by atoms with E-state index in [1.807, 2.05) is 0 Å². The van der Waals surface area contributed by atoms with Crippen LogP contribution in [0, 0.1) is 6.92 Å². The van der Waals surface area contributed by atoms with E-state index in [1.54, 1.807) is 13.0 Å². The average molecular weight is 369 g/mol. The van der Waals surface area contributed by atoms with Gasteiger partial charge >= 0.3 is 6.18 Å². The lowest BCUT2D eigenvalue weighted by atomic mass is 10.1. The summed E-state index contributed by atoms with van der Waals surface area (Å²) in [4.78, 5) is 28.2. The molecule has 1 aromatic heterocycles. The summed E-state index contributed by atoms with van der Waals surface area (Å²) in [7, 11) is 0. The first kappa shape index (κ1) is 18.9. The molecule has 0 aliphatic rings. The zero-order valence-electron chi connectivity index (χ0n) is 13.1. The minimum absolute atomic E-state index is 0.118. The monoisotopic (exact) mass is 369 g/mol.